The molecule has 7 heteroatoms. The summed E-state index contributed by atoms with van der Waals surface area (Å²) in [5, 5.41) is 20.0. The Hall–Kier alpha value is -4.13. The van der Waals surface area contributed by atoms with Crippen molar-refractivity contribution in [2.75, 3.05) is 0 Å². The fourth-order valence-electron chi connectivity index (χ4n) is 4.20. The number of nitrogens with zero attached hydrogens (tertiary/aromatic N) is 3. The van der Waals surface area contributed by atoms with Crippen LogP contribution in [0.15, 0.2) is 60.8 Å². The maximum absolute atomic E-state index is 11.8. The molecule has 0 aliphatic heterocycles. The highest BCUT2D eigenvalue weighted by molar-refractivity contribution is 5.92. The predicted molar refractivity (Wildman–Crippen MR) is 139 cm³/mol. The molecule has 4 rings (SSSR count). The molecule has 3 heterocycles. The molecule has 36 heavy (non-hydrogen) atoms. The summed E-state index contributed by atoms with van der Waals surface area (Å²) in [7, 11) is 0. The molecule has 0 aliphatic carbocycles. The second-order valence-corrected chi connectivity index (χ2v) is 8.91. The normalized spacial score (nSPS) is 11.0. The third-order valence-corrected chi connectivity index (χ3v) is 6.18. The molecule has 7 nitrogen and oxygen atoms in total. The first-order valence-corrected chi connectivity index (χ1v) is 12.3. The Morgan fingerprint density at radius 3 is 2.14 bits per heavy atom. The first kappa shape index (κ1) is 25.0. The Labute approximate surface area is 209 Å². The maximum Gasteiger partial charge on any atom is 0.335 e. The van der Waals surface area contributed by atoms with Gasteiger partial charge in [-0.15, -0.1) is 0 Å². The number of carboxylic acids is 2. The Kier molecular flexibility index (Phi) is 8.00. The quantitative estimate of drug-likeness (QED) is 0.229. The van der Waals surface area contributed by atoms with E-state index in [1.54, 1.807) is 0 Å². The maximum atomic E-state index is 11.8. The monoisotopic (exact) mass is 483 g/mol. The molecule has 4 aromatic rings. The molecule has 0 radical (unpaired) electrons. The van der Waals surface area contributed by atoms with E-state index in [9.17, 15) is 19.8 Å². The van der Waals surface area contributed by atoms with Crippen LogP contribution in [0.2, 0.25) is 0 Å². The number of carbonyl (C=O) groups is 2. The molecule has 3 aromatic heterocycles. The van der Waals surface area contributed by atoms with Gasteiger partial charge >= 0.3 is 11.9 Å². The van der Waals surface area contributed by atoms with Crippen molar-refractivity contribution in [3.05, 3.63) is 77.5 Å². The lowest BCUT2D eigenvalue weighted by Gasteiger charge is -2.09. The number of hydrogen-bond donors (Lipinski definition) is 2. The van der Waals surface area contributed by atoms with E-state index in [0.717, 1.165) is 17.3 Å². The van der Waals surface area contributed by atoms with Gasteiger partial charge in [-0.25, -0.2) is 19.6 Å². The Morgan fingerprint density at radius 2 is 1.39 bits per heavy atom. The van der Waals surface area contributed by atoms with E-state index in [0.29, 0.717) is 11.4 Å². The number of rotatable bonds is 11. The highest BCUT2D eigenvalue weighted by Gasteiger charge is 2.15. The van der Waals surface area contributed by atoms with Crippen LogP contribution in [0.1, 0.15) is 71.7 Å². The van der Waals surface area contributed by atoms with Gasteiger partial charge in [-0.05, 0) is 60.9 Å². The number of carboxylic acid groups (broad SMARTS) is 2. The van der Waals surface area contributed by atoms with Crippen molar-refractivity contribution in [1.29, 1.82) is 0 Å². The number of pyridine rings is 3. The van der Waals surface area contributed by atoms with E-state index in [-0.39, 0.29) is 22.5 Å². The largest absolute Gasteiger partial charge is 0.478 e. The van der Waals surface area contributed by atoms with Gasteiger partial charge in [0.15, 0.2) is 0 Å². The van der Waals surface area contributed by atoms with Crippen molar-refractivity contribution in [3.8, 4) is 22.8 Å². The summed E-state index contributed by atoms with van der Waals surface area (Å²) < 4.78 is 0. The smallest absolute Gasteiger partial charge is 0.335 e. The molecule has 0 saturated heterocycles. The molecule has 0 aliphatic rings. The molecule has 184 valence electrons. The van der Waals surface area contributed by atoms with Gasteiger partial charge < -0.3 is 10.2 Å². The van der Waals surface area contributed by atoms with E-state index in [1.165, 1.54) is 74.6 Å². The SMILES string of the molecule is CCCCCCCCc1ccc2nc(-c3cc(C(=O)O)cc(-c4cc(C(=O)O)ccn4)n3)ccc2c1. The Balaban J connectivity index is 1.60. The van der Waals surface area contributed by atoms with Gasteiger partial charge in [-0.3, -0.25) is 4.98 Å². The zero-order valence-corrected chi connectivity index (χ0v) is 20.3. The molecule has 2 N–H and O–H groups in total. The predicted octanol–water partition coefficient (Wildman–Crippen LogP) is 6.66. The number of unbranched alkanes of at least 4 members (excludes halogenated alkanes) is 5. The first-order valence-electron chi connectivity index (χ1n) is 12.3. The number of aromatic nitrogens is 3. The highest BCUT2D eigenvalue weighted by Crippen LogP contribution is 2.26. The van der Waals surface area contributed by atoms with Crippen molar-refractivity contribution in [1.82, 2.24) is 15.0 Å². The summed E-state index contributed by atoms with van der Waals surface area (Å²) in [4.78, 5) is 36.6. The lowest BCUT2D eigenvalue weighted by atomic mass is 10.0. The van der Waals surface area contributed by atoms with Gasteiger partial charge in [0.05, 0.1) is 39.4 Å². The van der Waals surface area contributed by atoms with Crippen LogP contribution >= 0.6 is 0 Å². The second-order valence-electron chi connectivity index (χ2n) is 8.91. The minimum Gasteiger partial charge on any atom is -0.478 e. The zero-order chi connectivity index (χ0) is 25.5. The van der Waals surface area contributed by atoms with Crippen molar-refractivity contribution in [2.45, 2.75) is 51.9 Å². The Morgan fingerprint density at radius 1 is 0.694 bits per heavy atom. The average Bonchev–Trinajstić information content (AvgIpc) is 2.90. The van der Waals surface area contributed by atoms with Gasteiger partial charge in [0.1, 0.15) is 0 Å². The molecule has 0 atom stereocenters. The first-order chi connectivity index (χ1) is 17.4. The molecule has 0 unspecified atom stereocenters. The van der Waals surface area contributed by atoms with Crippen LogP contribution in [0.3, 0.4) is 0 Å². The summed E-state index contributed by atoms with van der Waals surface area (Å²) in [6.45, 7) is 2.23. The zero-order valence-electron chi connectivity index (χ0n) is 20.3. The molecular formula is C29H29N3O4. The molecular weight excluding hydrogens is 454 g/mol. The van der Waals surface area contributed by atoms with Gasteiger partial charge in [0.2, 0.25) is 0 Å². The molecule has 0 amide bonds. The summed E-state index contributed by atoms with van der Waals surface area (Å²) in [6, 6.07) is 15.6. The van der Waals surface area contributed by atoms with Gasteiger partial charge in [-0.2, -0.15) is 0 Å². The molecule has 1 aromatic carbocycles. The van der Waals surface area contributed by atoms with Crippen LogP contribution in [0.4, 0.5) is 0 Å². The molecule has 0 saturated carbocycles. The van der Waals surface area contributed by atoms with Crippen LogP contribution in [0.25, 0.3) is 33.7 Å². The third-order valence-electron chi connectivity index (χ3n) is 6.18. The number of fused-ring (bicyclic) bond motifs is 1. The Bertz CT molecular complexity index is 1400. The second kappa shape index (κ2) is 11.5. The van der Waals surface area contributed by atoms with E-state index in [2.05, 4.69) is 29.0 Å². The van der Waals surface area contributed by atoms with Crippen LogP contribution < -0.4 is 0 Å². The minimum atomic E-state index is -1.12. The summed E-state index contributed by atoms with van der Waals surface area (Å²) >= 11 is 0. The van der Waals surface area contributed by atoms with E-state index in [1.807, 2.05) is 18.2 Å². The van der Waals surface area contributed by atoms with Crippen molar-refractivity contribution in [2.24, 2.45) is 0 Å². The number of aryl methyl sites for hydroxylation is 1. The van der Waals surface area contributed by atoms with Crippen molar-refractivity contribution in [3.63, 3.8) is 0 Å². The fourth-order valence-corrected chi connectivity index (χ4v) is 4.20. The van der Waals surface area contributed by atoms with Crippen molar-refractivity contribution < 1.29 is 19.8 Å². The van der Waals surface area contributed by atoms with Crippen molar-refractivity contribution >= 4 is 22.8 Å². The number of aromatic carboxylic acids is 2. The summed E-state index contributed by atoms with van der Waals surface area (Å²) in [5.74, 6) is -2.21. The topological polar surface area (TPSA) is 113 Å². The summed E-state index contributed by atoms with van der Waals surface area (Å²) in [6.07, 6.45) is 9.98. The van der Waals surface area contributed by atoms with Gasteiger partial charge in [0, 0.05) is 11.6 Å². The summed E-state index contributed by atoms with van der Waals surface area (Å²) in [5.41, 5.74) is 3.61. The van der Waals surface area contributed by atoms with Gasteiger partial charge in [0.25, 0.3) is 0 Å². The van der Waals surface area contributed by atoms with Crippen LogP contribution in [-0.2, 0) is 6.42 Å². The molecule has 0 bridgehead atoms. The average molecular weight is 484 g/mol. The van der Waals surface area contributed by atoms with E-state index in [4.69, 9.17) is 4.98 Å². The lowest BCUT2D eigenvalue weighted by Crippen LogP contribution is -2.02. The van der Waals surface area contributed by atoms with E-state index >= 15 is 0 Å². The standard InChI is InChI=1S/C29H29N3O4/c1-2-3-4-5-6-7-8-19-9-11-23-20(15-19)10-12-24(31-23)26-17-22(29(35)36)18-27(32-26)25-16-21(28(33)34)13-14-30-25/h9-18H,2-8H2,1H3,(H,33,34)(H,35,36). The van der Waals surface area contributed by atoms with Crippen LogP contribution in [0, 0.1) is 0 Å². The third kappa shape index (κ3) is 6.10. The minimum absolute atomic E-state index is 0.0220. The number of hydrogen-bond acceptors (Lipinski definition) is 5. The lowest BCUT2D eigenvalue weighted by molar-refractivity contribution is 0.0686. The van der Waals surface area contributed by atoms with Gasteiger partial charge in [-0.1, -0.05) is 51.2 Å². The molecule has 0 fully saturated rings. The number of benzene rings is 1. The highest BCUT2D eigenvalue weighted by atomic mass is 16.4. The van der Waals surface area contributed by atoms with E-state index < -0.39 is 11.9 Å². The van der Waals surface area contributed by atoms with Crippen LogP contribution in [-0.4, -0.2) is 37.1 Å². The fraction of sp³-hybridized carbons (Fsp3) is 0.276. The van der Waals surface area contributed by atoms with Crippen LogP contribution in [0.5, 0.6) is 0 Å². The molecule has 0 spiro atoms.